The second-order valence-corrected chi connectivity index (χ2v) is 2.04. The summed E-state index contributed by atoms with van der Waals surface area (Å²) in [7, 11) is 1.64. The van der Waals surface area contributed by atoms with Gasteiger partial charge in [0, 0.05) is 7.05 Å². The number of nitrogens with zero attached hydrogens (tertiary/aromatic N) is 2. The molecule has 1 rings (SSSR count). The van der Waals surface area contributed by atoms with Crippen molar-refractivity contribution < 1.29 is 4.79 Å². The summed E-state index contributed by atoms with van der Waals surface area (Å²) in [6.07, 6.45) is 1.36. The third-order valence-corrected chi connectivity index (χ3v) is 1.36. The molecule has 0 fully saturated rings. The van der Waals surface area contributed by atoms with E-state index in [0.29, 0.717) is 5.82 Å². The molecule has 5 N–H and O–H groups in total. The molecule has 0 saturated heterocycles. The van der Waals surface area contributed by atoms with E-state index in [1.54, 1.807) is 7.05 Å². The van der Waals surface area contributed by atoms with Crippen LogP contribution in [0.1, 0.15) is 10.4 Å². The second-order valence-electron chi connectivity index (χ2n) is 2.04. The van der Waals surface area contributed by atoms with Gasteiger partial charge in [0.1, 0.15) is 11.4 Å². The molecule has 6 heteroatoms. The van der Waals surface area contributed by atoms with Crippen LogP contribution < -0.4 is 17.0 Å². The molecule has 1 aromatic heterocycles. The van der Waals surface area contributed by atoms with Gasteiger partial charge in [0.25, 0.3) is 5.91 Å². The Morgan fingerprint density at radius 3 is 2.82 bits per heavy atom. The summed E-state index contributed by atoms with van der Waals surface area (Å²) in [6, 6.07) is 0. The molecule has 1 heterocycles. The normalized spacial score (nSPS) is 9.64. The quantitative estimate of drug-likeness (QED) is 0.264. The van der Waals surface area contributed by atoms with Gasteiger partial charge in [-0.25, -0.2) is 5.84 Å². The molecule has 0 aliphatic heterocycles. The minimum Gasteiger partial charge on any atom is -0.383 e. The molecule has 1 amide bonds. The Hall–Kier alpha value is -1.56. The van der Waals surface area contributed by atoms with Crippen LogP contribution in [0.15, 0.2) is 6.20 Å². The van der Waals surface area contributed by atoms with Gasteiger partial charge in [-0.3, -0.25) is 14.9 Å². The first-order chi connectivity index (χ1) is 5.16. The molecule has 0 atom stereocenters. The summed E-state index contributed by atoms with van der Waals surface area (Å²) < 4.78 is 1.39. The Balaban J connectivity index is 3.04. The Kier molecular flexibility index (Phi) is 1.77. The first-order valence-corrected chi connectivity index (χ1v) is 2.95. The lowest BCUT2D eigenvalue weighted by atomic mass is 10.3. The zero-order valence-electron chi connectivity index (χ0n) is 6.03. The lowest BCUT2D eigenvalue weighted by Gasteiger charge is -1.97. The third-order valence-electron chi connectivity index (χ3n) is 1.36. The topological polar surface area (TPSA) is 99.0 Å². The summed E-state index contributed by atoms with van der Waals surface area (Å²) in [5.74, 6) is 4.75. The zero-order valence-corrected chi connectivity index (χ0v) is 6.03. The number of aromatic nitrogens is 2. The van der Waals surface area contributed by atoms with Crippen LogP contribution in [0.2, 0.25) is 0 Å². The highest BCUT2D eigenvalue weighted by molar-refractivity contribution is 5.97. The standard InChI is InChI=1S/C5H9N5O/c1-10-4(6)3(2-8-10)5(11)9-7/h2H,6-7H2,1H3,(H,9,11). The van der Waals surface area contributed by atoms with Crippen molar-refractivity contribution in [2.45, 2.75) is 0 Å². The van der Waals surface area contributed by atoms with Crippen molar-refractivity contribution in [3.63, 3.8) is 0 Å². The van der Waals surface area contributed by atoms with E-state index in [0.717, 1.165) is 0 Å². The van der Waals surface area contributed by atoms with Gasteiger partial charge in [0.05, 0.1) is 6.20 Å². The van der Waals surface area contributed by atoms with E-state index in [1.807, 2.05) is 5.43 Å². The van der Waals surface area contributed by atoms with Gasteiger partial charge >= 0.3 is 0 Å². The highest BCUT2D eigenvalue weighted by Gasteiger charge is 2.11. The Morgan fingerprint density at radius 2 is 2.45 bits per heavy atom. The van der Waals surface area contributed by atoms with Crippen molar-refractivity contribution >= 4 is 11.7 Å². The largest absolute Gasteiger partial charge is 0.383 e. The van der Waals surface area contributed by atoms with Crippen molar-refractivity contribution in [1.82, 2.24) is 15.2 Å². The van der Waals surface area contributed by atoms with E-state index in [9.17, 15) is 4.79 Å². The fraction of sp³-hybridized carbons (Fsp3) is 0.200. The molecule has 6 nitrogen and oxygen atoms in total. The smallest absolute Gasteiger partial charge is 0.270 e. The first kappa shape index (κ1) is 7.55. The van der Waals surface area contributed by atoms with Crippen molar-refractivity contribution in [3.05, 3.63) is 11.8 Å². The van der Waals surface area contributed by atoms with E-state index >= 15 is 0 Å². The van der Waals surface area contributed by atoms with Crippen molar-refractivity contribution in [1.29, 1.82) is 0 Å². The maximum absolute atomic E-state index is 10.9. The molecule has 60 valence electrons. The number of aryl methyl sites for hydroxylation is 1. The summed E-state index contributed by atoms with van der Waals surface area (Å²) in [5, 5.41) is 3.76. The van der Waals surface area contributed by atoms with Crippen LogP contribution in [-0.4, -0.2) is 15.7 Å². The van der Waals surface area contributed by atoms with E-state index < -0.39 is 5.91 Å². The summed E-state index contributed by atoms with van der Waals surface area (Å²) >= 11 is 0. The number of nitrogen functional groups attached to an aromatic ring is 2. The van der Waals surface area contributed by atoms with Gasteiger partial charge in [-0.2, -0.15) is 5.10 Å². The number of hydrazine groups is 1. The number of hydrogen-bond donors (Lipinski definition) is 3. The molecule has 0 bridgehead atoms. The lowest BCUT2D eigenvalue weighted by Crippen LogP contribution is -2.30. The van der Waals surface area contributed by atoms with Crippen LogP contribution in [0.4, 0.5) is 5.82 Å². The Morgan fingerprint density at radius 1 is 1.82 bits per heavy atom. The van der Waals surface area contributed by atoms with Crippen molar-refractivity contribution in [2.24, 2.45) is 12.9 Å². The van der Waals surface area contributed by atoms with Gasteiger partial charge in [0.2, 0.25) is 0 Å². The highest BCUT2D eigenvalue weighted by atomic mass is 16.2. The average molecular weight is 155 g/mol. The molecule has 0 unspecified atom stereocenters. The predicted octanol–water partition coefficient (Wildman–Crippen LogP) is -1.39. The SMILES string of the molecule is Cn1ncc(C(=O)NN)c1N. The van der Waals surface area contributed by atoms with Gasteiger partial charge in [-0.15, -0.1) is 0 Å². The zero-order chi connectivity index (χ0) is 8.43. The number of rotatable bonds is 1. The van der Waals surface area contributed by atoms with Crippen LogP contribution >= 0.6 is 0 Å². The van der Waals surface area contributed by atoms with Crippen LogP contribution in [0.5, 0.6) is 0 Å². The molecule has 1 aromatic rings. The number of carbonyl (C=O) groups is 1. The summed E-state index contributed by atoms with van der Waals surface area (Å²) in [4.78, 5) is 10.9. The Labute approximate surface area is 63.1 Å². The highest BCUT2D eigenvalue weighted by Crippen LogP contribution is 2.07. The molecular formula is C5H9N5O. The number of hydrogen-bond acceptors (Lipinski definition) is 4. The monoisotopic (exact) mass is 155 g/mol. The van der Waals surface area contributed by atoms with Gasteiger partial charge < -0.3 is 5.73 Å². The molecule has 0 aromatic carbocycles. The Bertz CT molecular complexity index is 278. The van der Waals surface area contributed by atoms with Crippen molar-refractivity contribution in [3.8, 4) is 0 Å². The lowest BCUT2D eigenvalue weighted by molar-refractivity contribution is 0.0954. The maximum Gasteiger partial charge on any atom is 0.270 e. The molecule has 0 aliphatic carbocycles. The molecule has 11 heavy (non-hydrogen) atoms. The summed E-state index contributed by atoms with van der Waals surface area (Å²) in [5.41, 5.74) is 7.71. The minimum atomic E-state index is -0.435. The van der Waals surface area contributed by atoms with E-state index in [4.69, 9.17) is 11.6 Å². The number of nitrogens with two attached hydrogens (primary N) is 2. The van der Waals surface area contributed by atoms with E-state index in [2.05, 4.69) is 5.10 Å². The molecular weight excluding hydrogens is 146 g/mol. The van der Waals surface area contributed by atoms with Crippen molar-refractivity contribution in [2.75, 3.05) is 5.73 Å². The molecule has 0 saturated carbocycles. The molecule has 0 aliphatic rings. The predicted molar refractivity (Wildman–Crippen MR) is 39.3 cm³/mol. The minimum absolute atomic E-state index is 0.287. The van der Waals surface area contributed by atoms with Gasteiger partial charge in [-0.05, 0) is 0 Å². The van der Waals surface area contributed by atoms with Crippen LogP contribution in [-0.2, 0) is 7.05 Å². The molecule has 0 radical (unpaired) electrons. The van der Waals surface area contributed by atoms with Crippen LogP contribution in [0, 0.1) is 0 Å². The molecule has 0 spiro atoms. The van der Waals surface area contributed by atoms with E-state index in [1.165, 1.54) is 10.9 Å². The fourth-order valence-corrected chi connectivity index (χ4v) is 0.700. The van der Waals surface area contributed by atoms with Crippen LogP contribution in [0.25, 0.3) is 0 Å². The maximum atomic E-state index is 10.9. The number of nitrogens with one attached hydrogen (secondary N) is 1. The number of anilines is 1. The van der Waals surface area contributed by atoms with Crippen LogP contribution in [0.3, 0.4) is 0 Å². The number of amides is 1. The second kappa shape index (κ2) is 2.59. The van der Waals surface area contributed by atoms with Gasteiger partial charge in [-0.1, -0.05) is 0 Å². The van der Waals surface area contributed by atoms with Gasteiger partial charge in [0.15, 0.2) is 0 Å². The fourth-order valence-electron chi connectivity index (χ4n) is 0.700. The average Bonchev–Trinajstić information content (AvgIpc) is 2.32. The number of carbonyl (C=O) groups excluding carboxylic acids is 1. The summed E-state index contributed by atoms with van der Waals surface area (Å²) in [6.45, 7) is 0. The first-order valence-electron chi connectivity index (χ1n) is 2.95. The van der Waals surface area contributed by atoms with E-state index in [-0.39, 0.29) is 5.56 Å². The third kappa shape index (κ3) is 1.15.